The first kappa shape index (κ1) is 14.9. The van der Waals surface area contributed by atoms with Crippen LogP contribution >= 0.6 is 23.2 Å². The van der Waals surface area contributed by atoms with Gasteiger partial charge in [0.15, 0.2) is 0 Å². The molecule has 0 radical (unpaired) electrons. The minimum absolute atomic E-state index is 0.571. The SMILES string of the molecule is C=CCn1c(CCC)nc(-c2cc(Cl)cc(Cl)c2)c1N. The Bertz CT molecular complexity index is 612. The molecule has 0 saturated carbocycles. The summed E-state index contributed by atoms with van der Waals surface area (Å²) in [7, 11) is 0. The predicted octanol–water partition coefficient (Wildman–Crippen LogP) is 4.58. The number of aromatic nitrogens is 2. The quantitative estimate of drug-likeness (QED) is 0.822. The zero-order valence-corrected chi connectivity index (χ0v) is 12.9. The summed E-state index contributed by atoms with van der Waals surface area (Å²) in [5, 5.41) is 1.14. The number of rotatable bonds is 5. The van der Waals surface area contributed by atoms with Crippen LogP contribution in [0.5, 0.6) is 0 Å². The zero-order valence-electron chi connectivity index (χ0n) is 11.4. The fraction of sp³-hybridized carbons (Fsp3) is 0.267. The van der Waals surface area contributed by atoms with Gasteiger partial charge in [0.05, 0.1) is 0 Å². The van der Waals surface area contributed by atoms with E-state index in [0.717, 1.165) is 29.9 Å². The number of halogens is 2. The average Bonchev–Trinajstić information content (AvgIpc) is 2.67. The smallest absolute Gasteiger partial charge is 0.132 e. The molecule has 0 spiro atoms. The topological polar surface area (TPSA) is 43.8 Å². The monoisotopic (exact) mass is 309 g/mol. The Balaban J connectivity index is 2.56. The number of anilines is 1. The summed E-state index contributed by atoms with van der Waals surface area (Å²) in [4.78, 5) is 4.64. The van der Waals surface area contributed by atoms with E-state index in [1.54, 1.807) is 6.07 Å². The number of allylic oxidation sites excluding steroid dienone is 1. The van der Waals surface area contributed by atoms with Crippen LogP contribution in [0.1, 0.15) is 19.2 Å². The Morgan fingerprint density at radius 3 is 2.50 bits per heavy atom. The van der Waals surface area contributed by atoms with Crippen LogP contribution in [0.15, 0.2) is 30.9 Å². The maximum Gasteiger partial charge on any atom is 0.132 e. The molecule has 0 aliphatic rings. The largest absolute Gasteiger partial charge is 0.383 e. The van der Waals surface area contributed by atoms with Crippen LogP contribution in [0.25, 0.3) is 11.3 Å². The van der Waals surface area contributed by atoms with Gasteiger partial charge in [-0.15, -0.1) is 6.58 Å². The number of imidazole rings is 1. The van der Waals surface area contributed by atoms with Crippen LogP contribution < -0.4 is 5.73 Å². The van der Waals surface area contributed by atoms with E-state index in [1.165, 1.54) is 0 Å². The fourth-order valence-electron chi connectivity index (χ4n) is 2.16. The van der Waals surface area contributed by atoms with Crippen molar-refractivity contribution >= 4 is 29.0 Å². The highest BCUT2D eigenvalue weighted by molar-refractivity contribution is 6.35. The van der Waals surface area contributed by atoms with Crippen LogP contribution in [0.4, 0.5) is 5.82 Å². The van der Waals surface area contributed by atoms with Gasteiger partial charge in [-0.1, -0.05) is 36.2 Å². The van der Waals surface area contributed by atoms with Gasteiger partial charge >= 0.3 is 0 Å². The van der Waals surface area contributed by atoms with Crippen LogP contribution in [0.3, 0.4) is 0 Å². The molecule has 0 saturated heterocycles. The molecule has 106 valence electrons. The Morgan fingerprint density at radius 1 is 1.30 bits per heavy atom. The third-order valence-corrected chi connectivity index (χ3v) is 3.44. The Morgan fingerprint density at radius 2 is 1.95 bits per heavy atom. The number of hydrogen-bond donors (Lipinski definition) is 1. The molecule has 0 fully saturated rings. The maximum atomic E-state index is 6.22. The van der Waals surface area contributed by atoms with Gasteiger partial charge in [0.1, 0.15) is 17.3 Å². The molecule has 1 aromatic carbocycles. The van der Waals surface area contributed by atoms with E-state index < -0.39 is 0 Å². The first-order valence-electron chi connectivity index (χ1n) is 6.49. The van der Waals surface area contributed by atoms with Gasteiger partial charge in [-0.2, -0.15) is 0 Å². The molecule has 2 rings (SSSR count). The molecule has 1 heterocycles. The molecule has 2 aromatic rings. The highest BCUT2D eigenvalue weighted by Gasteiger charge is 2.15. The highest BCUT2D eigenvalue weighted by atomic mass is 35.5. The maximum absolute atomic E-state index is 6.22. The average molecular weight is 310 g/mol. The van der Waals surface area contributed by atoms with Gasteiger partial charge in [0.2, 0.25) is 0 Å². The second kappa shape index (κ2) is 6.33. The van der Waals surface area contributed by atoms with Crippen molar-refractivity contribution in [3.05, 3.63) is 46.7 Å². The number of benzene rings is 1. The van der Waals surface area contributed by atoms with Crippen molar-refractivity contribution in [3.8, 4) is 11.3 Å². The first-order valence-corrected chi connectivity index (χ1v) is 7.24. The molecular formula is C15H17Cl2N3. The van der Waals surface area contributed by atoms with Gasteiger partial charge < -0.3 is 10.3 Å². The molecule has 0 atom stereocenters. The van der Waals surface area contributed by atoms with Crippen molar-refractivity contribution in [3.63, 3.8) is 0 Å². The molecule has 1 aromatic heterocycles. The summed E-state index contributed by atoms with van der Waals surface area (Å²) in [6.07, 6.45) is 3.68. The molecule has 20 heavy (non-hydrogen) atoms. The van der Waals surface area contributed by atoms with E-state index in [0.29, 0.717) is 22.4 Å². The minimum atomic E-state index is 0.571. The van der Waals surface area contributed by atoms with Gasteiger partial charge in [-0.25, -0.2) is 4.98 Å². The zero-order chi connectivity index (χ0) is 14.7. The van der Waals surface area contributed by atoms with E-state index in [-0.39, 0.29) is 0 Å². The summed E-state index contributed by atoms with van der Waals surface area (Å²) in [6.45, 7) is 6.51. The summed E-state index contributed by atoms with van der Waals surface area (Å²) in [6, 6.07) is 5.33. The number of nitrogens with zero attached hydrogens (tertiary/aromatic N) is 2. The second-order valence-electron chi connectivity index (χ2n) is 4.57. The standard InChI is InChI=1S/C15H17Cl2N3/c1-3-5-13-19-14(15(18)20(13)6-4-2)10-7-11(16)9-12(17)8-10/h4,7-9H,2-3,5-6,18H2,1H3. The van der Waals surface area contributed by atoms with E-state index in [2.05, 4.69) is 18.5 Å². The Hall–Kier alpha value is -1.45. The van der Waals surface area contributed by atoms with E-state index >= 15 is 0 Å². The van der Waals surface area contributed by atoms with E-state index in [9.17, 15) is 0 Å². The lowest BCUT2D eigenvalue weighted by atomic mass is 10.1. The van der Waals surface area contributed by atoms with Gasteiger partial charge in [-0.05, 0) is 24.6 Å². The van der Waals surface area contributed by atoms with Gasteiger partial charge in [0.25, 0.3) is 0 Å². The summed E-state index contributed by atoms with van der Waals surface area (Å²) < 4.78 is 1.97. The van der Waals surface area contributed by atoms with Crippen LogP contribution in [-0.2, 0) is 13.0 Å². The van der Waals surface area contributed by atoms with E-state index in [1.807, 2.05) is 22.8 Å². The lowest BCUT2D eigenvalue weighted by molar-refractivity contribution is 0.724. The number of nitrogens with two attached hydrogens (primary N) is 1. The first-order chi connectivity index (χ1) is 9.56. The van der Waals surface area contributed by atoms with Crippen LogP contribution in [0.2, 0.25) is 10.0 Å². The van der Waals surface area contributed by atoms with Crippen molar-refractivity contribution < 1.29 is 0 Å². The number of hydrogen-bond acceptors (Lipinski definition) is 2. The predicted molar refractivity (Wildman–Crippen MR) is 86.3 cm³/mol. The number of nitrogen functional groups attached to an aromatic ring is 1. The van der Waals surface area contributed by atoms with Crippen molar-refractivity contribution in [1.82, 2.24) is 9.55 Å². The summed E-state index contributed by atoms with van der Waals surface area (Å²) in [5.74, 6) is 1.57. The molecule has 2 N–H and O–H groups in total. The Labute approximate surface area is 129 Å². The van der Waals surface area contributed by atoms with Crippen molar-refractivity contribution in [2.24, 2.45) is 0 Å². The minimum Gasteiger partial charge on any atom is -0.383 e. The fourth-order valence-corrected chi connectivity index (χ4v) is 2.69. The van der Waals surface area contributed by atoms with E-state index in [4.69, 9.17) is 28.9 Å². The lowest BCUT2D eigenvalue weighted by Gasteiger charge is -2.06. The van der Waals surface area contributed by atoms with Gasteiger partial charge in [-0.3, -0.25) is 0 Å². The molecular weight excluding hydrogens is 293 g/mol. The van der Waals surface area contributed by atoms with Crippen molar-refractivity contribution in [1.29, 1.82) is 0 Å². The van der Waals surface area contributed by atoms with Crippen molar-refractivity contribution in [2.45, 2.75) is 26.3 Å². The van der Waals surface area contributed by atoms with Crippen LogP contribution in [0, 0.1) is 0 Å². The van der Waals surface area contributed by atoms with Crippen molar-refractivity contribution in [2.75, 3.05) is 5.73 Å². The molecule has 0 aliphatic heterocycles. The lowest BCUT2D eigenvalue weighted by Crippen LogP contribution is -2.05. The molecule has 0 bridgehead atoms. The Kier molecular flexibility index (Phi) is 4.73. The summed E-state index contributed by atoms with van der Waals surface area (Å²) in [5.41, 5.74) is 7.77. The van der Waals surface area contributed by atoms with Gasteiger partial charge in [0, 0.05) is 28.6 Å². The highest BCUT2D eigenvalue weighted by Crippen LogP contribution is 2.31. The summed E-state index contributed by atoms with van der Waals surface area (Å²) >= 11 is 12.1. The molecule has 3 nitrogen and oxygen atoms in total. The third kappa shape index (κ3) is 3.00. The van der Waals surface area contributed by atoms with Crippen LogP contribution in [-0.4, -0.2) is 9.55 Å². The number of aryl methyl sites for hydroxylation is 1. The molecule has 0 aliphatic carbocycles. The molecule has 0 unspecified atom stereocenters. The third-order valence-electron chi connectivity index (χ3n) is 3.01. The molecule has 5 heteroatoms. The normalized spacial score (nSPS) is 10.8. The second-order valence-corrected chi connectivity index (χ2v) is 5.44. The molecule has 0 amide bonds.